The molecule has 26 heavy (non-hydrogen) atoms. The van der Waals surface area contributed by atoms with Crippen LogP contribution in [0.15, 0.2) is 35.2 Å². The Hall–Kier alpha value is -2.56. The number of rotatable bonds is 3. The molecule has 0 radical (unpaired) electrons. The molecule has 0 aromatic heterocycles. The molecule has 1 aliphatic rings. The molecular weight excluding hydrogens is 358 g/mol. The highest BCUT2D eigenvalue weighted by Gasteiger charge is 2.24. The Morgan fingerprint density at radius 1 is 1.08 bits per heavy atom. The summed E-state index contributed by atoms with van der Waals surface area (Å²) in [7, 11) is -4.34. The van der Waals surface area contributed by atoms with Gasteiger partial charge in [0, 0.05) is 5.56 Å². The minimum atomic E-state index is -4.34. The van der Waals surface area contributed by atoms with E-state index in [0.29, 0.717) is 30.0 Å². The van der Waals surface area contributed by atoms with Crippen LogP contribution >= 0.6 is 0 Å². The number of nitrogens with zero attached hydrogens (tertiary/aromatic N) is 1. The first-order valence-corrected chi connectivity index (χ1v) is 9.52. The largest absolute Gasteiger partial charge is 0.241 e. The number of halogens is 2. The average Bonchev–Trinajstić information content (AvgIpc) is 3.05. The smallest absolute Gasteiger partial charge is 0.225 e. The lowest BCUT2D eigenvalue weighted by Crippen LogP contribution is -2.15. The van der Waals surface area contributed by atoms with E-state index in [2.05, 4.69) is 6.07 Å². The van der Waals surface area contributed by atoms with Gasteiger partial charge in [0.05, 0.1) is 11.6 Å². The molecule has 7 heteroatoms. The molecule has 0 spiro atoms. The highest BCUT2D eigenvalue weighted by atomic mass is 32.2. The summed E-state index contributed by atoms with van der Waals surface area (Å²) in [6, 6.07) is 9.04. The van der Waals surface area contributed by atoms with Gasteiger partial charge in [-0.25, -0.2) is 22.3 Å². The van der Waals surface area contributed by atoms with E-state index < -0.39 is 26.6 Å². The van der Waals surface area contributed by atoms with Crippen LogP contribution in [0.5, 0.6) is 0 Å². The van der Waals surface area contributed by atoms with Crippen molar-refractivity contribution in [1.29, 1.82) is 5.26 Å². The van der Waals surface area contributed by atoms with E-state index >= 15 is 0 Å². The predicted octanol–water partition coefficient (Wildman–Crippen LogP) is 3.89. The van der Waals surface area contributed by atoms with Crippen molar-refractivity contribution in [3.8, 4) is 6.07 Å². The van der Waals surface area contributed by atoms with Gasteiger partial charge in [-0.2, -0.15) is 5.26 Å². The van der Waals surface area contributed by atoms with Crippen molar-refractivity contribution in [3.63, 3.8) is 0 Å². The van der Waals surface area contributed by atoms with Crippen LogP contribution in [0.4, 0.5) is 8.78 Å². The standard InChI is InChI=1S/C19H16F2N2O2S/c1-11-5-6-12(7-13(11)10-22)14-3-2-4-15(14)16-8-18(21)19(9-17(16)20)26(23,24)25/h5-9H,2-4H2,1H3,(H2,23,24,25). The molecular formula is C19H16F2N2O2S. The highest BCUT2D eigenvalue weighted by molar-refractivity contribution is 7.89. The molecule has 0 fully saturated rings. The molecule has 2 N–H and O–H groups in total. The summed E-state index contributed by atoms with van der Waals surface area (Å²) < 4.78 is 51.4. The third-order valence-corrected chi connectivity index (χ3v) is 5.50. The number of nitriles is 1. The van der Waals surface area contributed by atoms with Crippen molar-refractivity contribution in [2.75, 3.05) is 0 Å². The fourth-order valence-corrected chi connectivity index (χ4v) is 3.87. The maximum Gasteiger partial charge on any atom is 0.241 e. The Balaban J connectivity index is 2.18. The molecule has 0 unspecified atom stereocenters. The van der Waals surface area contributed by atoms with E-state index in [1.807, 2.05) is 19.1 Å². The zero-order chi connectivity index (χ0) is 19.1. The Bertz CT molecular complexity index is 1080. The molecule has 0 atom stereocenters. The third-order valence-electron chi connectivity index (χ3n) is 4.58. The first kappa shape index (κ1) is 18.2. The van der Waals surface area contributed by atoms with Crippen molar-refractivity contribution in [1.82, 2.24) is 0 Å². The zero-order valence-electron chi connectivity index (χ0n) is 14.0. The SMILES string of the molecule is Cc1ccc(C2=C(c3cc(F)c(S(N)(=O)=O)cc3F)CCC2)cc1C#N. The van der Waals surface area contributed by atoms with E-state index in [1.165, 1.54) is 0 Å². The van der Waals surface area contributed by atoms with Gasteiger partial charge in [0.15, 0.2) is 0 Å². The Labute approximate surface area is 150 Å². The molecule has 0 saturated carbocycles. The predicted molar refractivity (Wildman–Crippen MR) is 94.3 cm³/mol. The van der Waals surface area contributed by atoms with Crippen LogP contribution in [0.2, 0.25) is 0 Å². The lowest BCUT2D eigenvalue weighted by Gasteiger charge is -2.12. The molecule has 0 aliphatic heterocycles. The number of aryl methyl sites for hydroxylation is 1. The maximum absolute atomic E-state index is 14.5. The summed E-state index contributed by atoms with van der Waals surface area (Å²) >= 11 is 0. The molecule has 0 amide bonds. The van der Waals surface area contributed by atoms with Gasteiger partial charge in [-0.05, 0) is 66.7 Å². The minimum absolute atomic E-state index is 0.0292. The summed E-state index contributed by atoms with van der Waals surface area (Å²) in [5, 5.41) is 14.1. The third kappa shape index (κ3) is 3.26. The van der Waals surface area contributed by atoms with Gasteiger partial charge in [0.1, 0.15) is 16.5 Å². The van der Waals surface area contributed by atoms with Crippen molar-refractivity contribution >= 4 is 21.2 Å². The summed E-state index contributed by atoms with van der Waals surface area (Å²) in [5.74, 6) is -1.92. The Kier molecular flexibility index (Phi) is 4.65. The van der Waals surface area contributed by atoms with Crippen LogP contribution < -0.4 is 5.14 Å². The first-order chi connectivity index (χ1) is 12.2. The van der Waals surface area contributed by atoms with E-state index in [9.17, 15) is 22.5 Å². The number of sulfonamides is 1. The fourth-order valence-electron chi connectivity index (χ4n) is 3.27. The topological polar surface area (TPSA) is 84.0 Å². The molecule has 0 bridgehead atoms. The average molecular weight is 374 g/mol. The summed E-state index contributed by atoms with van der Waals surface area (Å²) in [5.41, 5.74) is 3.64. The monoisotopic (exact) mass is 374 g/mol. The second kappa shape index (κ2) is 6.63. The number of primary sulfonamides is 1. The van der Waals surface area contributed by atoms with Gasteiger partial charge in [0.25, 0.3) is 0 Å². The fraction of sp³-hybridized carbons (Fsp3) is 0.211. The second-order valence-electron chi connectivity index (χ2n) is 6.26. The van der Waals surface area contributed by atoms with E-state index in [-0.39, 0.29) is 5.56 Å². The second-order valence-corrected chi connectivity index (χ2v) is 7.79. The van der Waals surface area contributed by atoms with Gasteiger partial charge in [-0.15, -0.1) is 0 Å². The van der Waals surface area contributed by atoms with Crippen molar-refractivity contribution in [2.24, 2.45) is 5.14 Å². The number of benzene rings is 2. The van der Waals surface area contributed by atoms with Crippen LogP contribution in [-0.2, 0) is 10.0 Å². The lowest BCUT2D eigenvalue weighted by atomic mass is 9.94. The van der Waals surface area contributed by atoms with E-state index in [0.717, 1.165) is 29.2 Å². The van der Waals surface area contributed by atoms with Gasteiger partial charge >= 0.3 is 0 Å². The molecule has 1 aliphatic carbocycles. The molecule has 4 nitrogen and oxygen atoms in total. The zero-order valence-corrected chi connectivity index (χ0v) is 14.8. The summed E-state index contributed by atoms with van der Waals surface area (Å²) in [6.45, 7) is 1.83. The Morgan fingerprint density at radius 2 is 1.77 bits per heavy atom. The summed E-state index contributed by atoms with van der Waals surface area (Å²) in [4.78, 5) is -0.860. The van der Waals surface area contributed by atoms with Gasteiger partial charge < -0.3 is 0 Å². The quantitative estimate of drug-likeness (QED) is 0.885. The molecule has 0 saturated heterocycles. The van der Waals surface area contributed by atoms with Crippen LogP contribution in [0.3, 0.4) is 0 Å². The van der Waals surface area contributed by atoms with Gasteiger partial charge in [-0.1, -0.05) is 12.1 Å². The van der Waals surface area contributed by atoms with Crippen LogP contribution in [0.1, 0.15) is 41.5 Å². The van der Waals surface area contributed by atoms with E-state index in [4.69, 9.17) is 5.14 Å². The molecule has 2 aromatic carbocycles. The van der Waals surface area contributed by atoms with Crippen molar-refractivity contribution in [3.05, 3.63) is 64.2 Å². The van der Waals surface area contributed by atoms with E-state index in [1.54, 1.807) is 6.07 Å². The number of hydrogen-bond donors (Lipinski definition) is 1. The highest BCUT2D eigenvalue weighted by Crippen LogP contribution is 2.41. The molecule has 0 heterocycles. The molecule has 3 rings (SSSR count). The minimum Gasteiger partial charge on any atom is -0.225 e. The van der Waals surface area contributed by atoms with Gasteiger partial charge in [-0.3, -0.25) is 0 Å². The van der Waals surface area contributed by atoms with Crippen LogP contribution in [-0.4, -0.2) is 8.42 Å². The van der Waals surface area contributed by atoms with Crippen LogP contribution in [0, 0.1) is 29.9 Å². The van der Waals surface area contributed by atoms with Crippen LogP contribution in [0.25, 0.3) is 11.1 Å². The first-order valence-electron chi connectivity index (χ1n) is 7.97. The Morgan fingerprint density at radius 3 is 2.42 bits per heavy atom. The maximum atomic E-state index is 14.5. The molecule has 2 aromatic rings. The van der Waals surface area contributed by atoms with Crippen molar-refractivity contribution in [2.45, 2.75) is 31.1 Å². The summed E-state index contributed by atoms with van der Waals surface area (Å²) in [6.07, 6.45) is 1.97. The van der Waals surface area contributed by atoms with Gasteiger partial charge in [0.2, 0.25) is 10.0 Å². The molecule has 134 valence electrons. The normalized spacial score (nSPS) is 14.6. The number of allylic oxidation sites excluding steroid dienone is 2. The van der Waals surface area contributed by atoms with Crippen molar-refractivity contribution < 1.29 is 17.2 Å². The number of hydrogen-bond acceptors (Lipinski definition) is 3. The lowest BCUT2D eigenvalue weighted by molar-refractivity contribution is 0.552. The number of nitrogens with two attached hydrogens (primary N) is 1.